The van der Waals surface area contributed by atoms with Crippen LogP contribution in [0.15, 0.2) is 35.6 Å². The third kappa shape index (κ3) is 2.17. The molecule has 0 fully saturated rings. The Hall–Kier alpha value is -1.55. The molecule has 0 saturated heterocycles. The number of hydrogen-bond acceptors (Lipinski definition) is 4. The van der Waals surface area contributed by atoms with Crippen molar-refractivity contribution in [1.29, 1.82) is 0 Å². The van der Waals surface area contributed by atoms with Crippen LogP contribution in [0.1, 0.15) is 5.69 Å². The van der Waals surface area contributed by atoms with Crippen molar-refractivity contribution in [3.8, 4) is 16.9 Å². The van der Waals surface area contributed by atoms with Crippen LogP contribution in [0.2, 0.25) is 0 Å². The van der Waals surface area contributed by atoms with Crippen LogP contribution in [-0.2, 0) is 0 Å². The Balaban J connectivity index is 2.44. The van der Waals surface area contributed by atoms with Gasteiger partial charge in [0.25, 0.3) is 0 Å². The van der Waals surface area contributed by atoms with Crippen molar-refractivity contribution in [2.45, 2.75) is 12.1 Å². The summed E-state index contributed by atoms with van der Waals surface area (Å²) in [4.78, 5) is 8.63. The lowest BCUT2D eigenvalue weighted by Gasteiger charge is -2.05. The van der Waals surface area contributed by atoms with Gasteiger partial charge in [-0.1, -0.05) is 23.9 Å². The standard InChI is InChI=1S/C12H12N2OS/c1-8-11(7-13-12(14-8)16-2)9-3-5-10(15)6-4-9/h3-7,15H,1-2H3. The third-order valence-corrected chi connectivity index (χ3v) is 2.88. The van der Waals surface area contributed by atoms with E-state index >= 15 is 0 Å². The minimum absolute atomic E-state index is 0.267. The summed E-state index contributed by atoms with van der Waals surface area (Å²) in [6.45, 7) is 1.96. The molecule has 0 amide bonds. The predicted octanol–water partition coefficient (Wildman–Crippen LogP) is 2.88. The van der Waals surface area contributed by atoms with E-state index in [4.69, 9.17) is 0 Å². The van der Waals surface area contributed by atoms with E-state index in [-0.39, 0.29) is 5.75 Å². The van der Waals surface area contributed by atoms with Gasteiger partial charge in [0.2, 0.25) is 0 Å². The summed E-state index contributed by atoms with van der Waals surface area (Å²) < 4.78 is 0. The molecule has 0 saturated carbocycles. The quantitative estimate of drug-likeness (QED) is 0.639. The van der Waals surface area contributed by atoms with E-state index in [0.29, 0.717) is 0 Å². The first-order valence-electron chi connectivity index (χ1n) is 4.88. The number of aromatic nitrogens is 2. The highest BCUT2D eigenvalue weighted by atomic mass is 32.2. The van der Waals surface area contributed by atoms with Gasteiger partial charge in [0.05, 0.1) is 0 Å². The van der Waals surface area contributed by atoms with E-state index in [1.165, 1.54) is 11.8 Å². The minimum atomic E-state index is 0.267. The summed E-state index contributed by atoms with van der Waals surface area (Å²) in [5.41, 5.74) is 2.96. The number of aromatic hydroxyl groups is 1. The van der Waals surface area contributed by atoms with Crippen molar-refractivity contribution in [1.82, 2.24) is 9.97 Å². The number of rotatable bonds is 2. The fraction of sp³-hybridized carbons (Fsp3) is 0.167. The molecule has 0 atom stereocenters. The predicted molar refractivity (Wildman–Crippen MR) is 65.7 cm³/mol. The Labute approximate surface area is 98.6 Å². The van der Waals surface area contributed by atoms with Gasteiger partial charge < -0.3 is 5.11 Å². The molecule has 1 aromatic heterocycles. The van der Waals surface area contributed by atoms with Crippen molar-refractivity contribution in [2.75, 3.05) is 6.26 Å². The molecule has 2 rings (SSSR count). The van der Waals surface area contributed by atoms with Crippen LogP contribution in [0.5, 0.6) is 5.75 Å². The van der Waals surface area contributed by atoms with Crippen LogP contribution >= 0.6 is 11.8 Å². The first-order chi connectivity index (χ1) is 7.70. The molecular formula is C12H12N2OS. The van der Waals surface area contributed by atoms with E-state index in [2.05, 4.69) is 9.97 Å². The van der Waals surface area contributed by atoms with Crippen LogP contribution in [0, 0.1) is 6.92 Å². The average Bonchev–Trinajstić information content (AvgIpc) is 2.30. The van der Waals surface area contributed by atoms with Gasteiger partial charge in [0.1, 0.15) is 5.75 Å². The summed E-state index contributed by atoms with van der Waals surface area (Å²) in [6, 6.07) is 7.05. The van der Waals surface area contributed by atoms with Crippen molar-refractivity contribution in [2.24, 2.45) is 0 Å². The number of thioether (sulfide) groups is 1. The van der Waals surface area contributed by atoms with Gasteiger partial charge >= 0.3 is 0 Å². The summed E-state index contributed by atoms with van der Waals surface area (Å²) in [6.07, 6.45) is 3.77. The number of benzene rings is 1. The van der Waals surface area contributed by atoms with E-state index in [0.717, 1.165) is 22.0 Å². The summed E-state index contributed by atoms with van der Waals surface area (Å²) >= 11 is 1.53. The van der Waals surface area contributed by atoms with E-state index in [1.807, 2.05) is 31.5 Å². The molecule has 0 bridgehead atoms. The maximum absolute atomic E-state index is 9.22. The van der Waals surface area contributed by atoms with Crippen molar-refractivity contribution >= 4 is 11.8 Å². The molecular weight excluding hydrogens is 220 g/mol. The van der Waals surface area contributed by atoms with E-state index in [9.17, 15) is 5.11 Å². The maximum atomic E-state index is 9.22. The molecule has 0 aliphatic carbocycles. The largest absolute Gasteiger partial charge is 0.508 e. The second-order valence-electron chi connectivity index (χ2n) is 3.40. The normalized spacial score (nSPS) is 10.4. The fourth-order valence-electron chi connectivity index (χ4n) is 1.47. The lowest BCUT2D eigenvalue weighted by Crippen LogP contribution is -1.92. The van der Waals surface area contributed by atoms with E-state index < -0.39 is 0 Å². The molecule has 3 nitrogen and oxygen atoms in total. The van der Waals surface area contributed by atoms with Gasteiger partial charge in [-0.2, -0.15) is 0 Å². The zero-order valence-electron chi connectivity index (χ0n) is 9.14. The van der Waals surface area contributed by atoms with Crippen LogP contribution in [0.25, 0.3) is 11.1 Å². The molecule has 0 radical (unpaired) electrons. The van der Waals surface area contributed by atoms with Crippen LogP contribution < -0.4 is 0 Å². The average molecular weight is 232 g/mol. The van der Waals surface area contributed by atoms with Crippen molar-refractivity contribution in [3.05, 3.63) is 36.2 Å². The maximum Gasteiger partial charge on any atom is 0.187 e. The van der Waals surface area contributed by atoms with Gasteiger partial charge in [-0.05, 0) is 30.9 Å². The molecule has 0 unspecified atom stereocenters. The minimum Gasteiger partial charge on any atom is -0.508 e. The number of phenolic OH excluding ortho intramolecular Hbond substituents is 1. The van der Waals surface area contributed by atoms with Crippen molar-refractivity contribution < 1.29 is 5.11 Å². The molecule has 16 heavy (non-hydrogen) atoms. The molecule has 4 heteroatoms. The summed E-state index contributed by atoms with van der Waals surface area (Å²) in [5, 5.41) is 10.00. The zero-order valence-corrected chi connectivity index (χ0v) is 9.95. The first-order valence-corrected chi connectivity index (χ1v) is 6.10. The lowest BCUT2D eigenvalue weighted by molar-refractivity contribution is 0.475. The van der Waals surface area contributed by atoms with E-state index in [1.54, 1.807) is 12.1 Å². The molecule has 82 valence electrons. The number of hydrogen-bond donors (Lipinski definition) is 1. The molecule has 0 aliphatic heterocycles. The fourth-order valence-corrected chi connectivity index (χ4v) is 1.85. The second-order valence-corrected chi connectivity index (χ2v) is 4.18. The van der Waals surface area contributed by atoms with Crippen LogP contribution in [-0.4, -0.2) is 21.3 Å². The number of phenols is 1. The van der Waals surface area contributed by atoms with Crippen LogP contribution in [0.4, 0.5) is 0 Å². The highest BCUT2D eigenvalue weighted by Gasteiger charge is 2.05. The third-order valence-electron chi connectivity index (χ3n) is 2.32. The summed E-state index contributed by atoms with van der Waals surface area (Å²) in [5.74, 6) is 0.267. The molecule has 1 N–H and O–H groups in total. The van der Waals surface area contributed by atoms with Crippen molar-refractivity contribution in [3.63, 3.8) is 0 Å². The SMILES string of the molecule is CSc1ncc(-c2ccc(O)cc2)c(C)n1. The lowest BCUT2D eigenvalue weighted by atomic mass is 10.1. The van der Waals surface area contributed by atoms with Crippen LogP contribution in [0.3, 0.4) is 0 Å². The molecule has 1 aromatic carbocycles. The van der Waals surface area contributed by atoms with Gasteiger partial charge in [-0.3, -0.25) is 0 Å². The van der Waals surface area contributed by atoms with Gasteiger partial charge in [0.15, 0.2) is 5.16 Å². The molecule has 2 aromatic rings. The highest BCUT2D eigenvalue weighted by molar-refractivity contribution is 7.98. The Bertz CT molecular complexity index is 497. The smallest absolute Gasteiger partial charge is 0.187 e. The van der Waals surface area contributed by atoms with Gasteiger partial charge in [-0.25, -0.2) is 9.97 Å². The Morgan fingerprint density at radius 1 is 1.19 bits per heavy atom. The topological polar surface area (TPSA) is 46.0 Å². The Kier molecular flexibility index (Phi) is 3.10. The summed E-state index contributed by atoms with van der Waals surface area (Å²) in [7, 11) is 0. The molecule has 0 spiro atoms. The number of aryl methyl sites for hydroxylation is 1. The Morgan fingerprint density at radius 3 is 2.44 bits per heavy atom. The molecule has 1 heterocycles. The zero-order chi connectivity index (χ0) is 11.5. The highest BCUT2D eigenvalue weighted by Crippen LogP contribution is 2.24. The first kappa shape index (κ1) is 11.0. The Morgan fingerprint density at radius 2 is 1.88 bits per heavy atom. The molecule has 0 aliphatic rings. The second kappa shape index (κ2) is 4.53. The van der Waals surface area contributed by atoms with Gasteiger partial charge in [0, 0.05) is 17.5 Å². The van der Waals surface area contributed by atoms with Gasteiger partial charge in [-0.15, -0.1) is 0 Å². The monoisotopic (exact) mass is 232 g/mol. The number of nitrogens with zero attached hydrogens (tertiary/aromatic N) is 2.